The minimum atomic E-state index is -0.489. The standard InChI is InChI=1S/C17H23NO3/c1-12-10-14(11-13(2)15(12)19)8-6-7-9-18-16(20)21-17(3,4)5/h10-11,19H,7,9H2,1-5H3,(H,18,20). The molecule has 0 aliphatic heterocycles. The van der Waals surface area contributed by atoms with Crippen LogP contribution >= 0.6 is 0 Å². The number of benzene rings is 1. The second kappa shape index (κ2) is 7.03. The zero-order valence-electron chi connectivity index (χ0n) is 13.3. The van der Waals surface area contributed by atoms with Gasteiger partial charge in [0.25, 0.3) is 0 Å². The summed E-state index contributed by atoms with van der Waals surface area (Å²) in [7, 11) is 0. The molecule has 1 aromatic carbocycles. The van der Waals surface area contributed by atoms with Crippen LogP contribution in [0.2, 0.25) is 0 Å². The number of nitrogens with one attached hydrogen (secondary N) is 1. The first kappa shape index (κ1) is 16.9. The first-order valence-electron chi connectivity index (χ1n) is 6.95. The van der Waals surface area contributed by atoms with E-state index < -0.39 is 11.7 Å². The molecule has 0 heterocycles. The number of ether oxygens (including phenoxy) is 1. The number of carbonyl (C=O) groups excluding carboxylic acids is 1. The molecule has 0 aliphatic carbocycles. The van der Waals surface area contributed by atoms with Crippen LogP contribution in [0.3, 0.4) is 0 Å². The van der Waals surface area contributed by atoms with Crippen LogP contribution in [0.4, 0.5) is 4.79 Å². The molecule has 114 valence electrons. The second-order valence-electron chi connectivity index (χ2n) is 5.94. The Kier molecular flexibility index (Phi) is 5.66. The van der Waals surface area contributed by atoms with E-state index in [1.54, 1.807) is 0 Å². The van der Waals surface area contributed by atoms with Crippen molar-refractivity contribution in [1.82, 2.24) is 5.32 Å². The molecule has 1 amide bonds. The molecule has 0 bridgehead atoms. The van der Waals surface area contributed by atoms with Crippen LogP contribution in [-0.2, 0) is 4.74 Å². The van der Waals surface area contributed by atoms with Crippen molar-refractivity contribution < 1.29 is 14.6 Å². The van der Waals surface area contributed by atoms with Gasteiger partial charge in [0.15, 0.2) is 0 Å². The number of phenols is 1. The highest BCUT2D eigenvalue weighted by Crippen LogP contribution is 2.22. The Labute approximate surface area is 126 Å². The largest absolute Gasteiger partial charge is 0.507 e. The van der Waals surface area contributed by atoms with Crippen molar-refractivity contribution in [3.8, 4) is 17.6 Å². The Morgan fingerprint density at radius 1 is 1.29 bits per heavy atom. The minimum Gasteiger partial charge on any atom is -0.507 e. The second-order valence-corrected chi connectivity index (χ2v) is 5.94. The first-order chi connectivity index (χ1) is 9.69. The molecule has 0 aromatic heterocycles. The molecule has 0 unspecified atom stereocenters. The fourth-order valence-electron chi connectivity index (χ4n) is 1.73. The normalized spacial score (nSPS) is 10.5. The average Bonchev–Trinajstić information content (AvgIpc) is 2.33. The molecule has 0 saturated carbocycles. The third-order valence-electron chi connectivity index (χ3n) is 2.64. The van der Waals surface area contributed by atoms with Gasteiger partial charge in [0.05, 0.1) is 0 Å². The van der Waals surface area contributed by atoms with Gasteiger partial charge in [-0.15, -0.1) is 0 Å². The van der Waals surface area contributed by atoms with Gasteiger partial charge < -0.3 is 15.2 Å². The number of aromatic hydroxyl groups is 1. The quantitative estimate of drug-likeness (QED) is 0.649. The summed E-state index contributed by atoms with van der Waals surface area (Å²) in [6.07, 6.45) is 0.110. The van der Waals surface area contributed by atoms with Gasteiger partial charge in [-0.3, -0.25) is 0 Å². The predicted octanol–water partition coefficient (Wildman–Crippen LogP) is 3.28. The van der Waals surface area contributed by atoms with E-state index in [4.69, 9.17) is 4.74 Å². The highest BCUT2D eigenvalue weighted by Gasteiger charge is 2.15. The maximum atomic E-state index is 11.4. The Morgan fingerprint density at radius 3 is 2.38 bits per heavy atom. The van der Waals surface area contributed by atoms with Crippen molar-refractivity contribution >= 4 is 6.09 Å². The van der Waals surface area contributed by atoms with Crippen LogP contribution < -0.4 is 5.32 Å². The average molecular weight is 289 g/mol. The fourth-order valence-corrected chi connectivity index (χ4v) is 1.73. The Hall–Kier alpha value is -2.15. The van der Waals surface area contributed by atoms with Crippen molar-refractivity contribution in [1.29, 1.82) is 0 Å². The van der Waals surface area contributed by atoms with E-state index in [0.29, 0.717) is 18.7 Å². The summed E-state index contributed by atoms with van der Waals surface area (Å²) in [5, 5.41) is 12.3. The molecule has 0 saturated heterocycles. The van der Waals surface area contributed by atoms with Gasteiger partial charge in [0.2, 0.25) is 0 Å². The zero-order chi connectivity index (χ0) is 16.0. The fraction of sp³-hybridized carbons (Fsp3) is 0.471. The SMILES string of the molecule is Cc1cc(C#CCCNC(=O)OC(C)(C)C)cc(C)c1O. The van der Waals surface area contributed by atoms with Crippen LogP contribution in [0.15, 0.2) is 12.1 Å². The van der Waals surface area contributed by atoms with Gasteiger partial charge in [-0.1, -0.05) is 11.8 Å². The van der Waals surface area contributed by atoms with Gasteiger partial charge in [0.1, 0.15) is 11.4 Å². The molecule has 4 heteroatoms. The van der Waals surface area contributed by atoms with Crippen LogP contribution in [-0.4, -0.2) is 23.3 Å². The smallest absolute Gasteiger partial charge is 0.407 e. The van der Waals surface area contributed by atoms with E-state index >= 15 is 0 Å². The molecule has 21 heavy (non-hydrogen) atoms. The highest BCUT2D eigenvalue weighted by atomic mass is 16.6. The summed E-state index contributed by atoms with van der Waals surface area (Å²) in [5.41, 5.74) is 1.99. The number of alkyl carbamates (subject to hydrolysis) is 1. The molecule has 0 atom stereocenters. The van der Waals surface area contributed by atoms with Gasteiger partial charge >= 0.3 is 6.09 Å². The minimum absolute atomic E-state index is 0.312. The van der Waals surface area contributed by atoms with Crippen LogP contribution in [0.25, 0.3) is 0 Å². The molecular weight excluding hydrogens is 266 g/mol. The van der Waals surface area contributed by atoms with Crippen molar-refractivity contribution in [2.24, 2.45) is 0 Å². The summed E-state index contributed by atoms with van der Waals surface area (Å²) in [5.74, 6) is 6.33. The Balaban J connectivity index is 2.46. The lowest BCUT2D eigenvalue weighted by atomic mass is 10.1. The molecule has 1 aromatic rings. The van der Waals surface area contributed by atoms with E-state index in [0.717, 1.165) is 16.7 Å². The van der Waals surface area contributed by atoms with Gasteiger partial charge in [-0.05, 0) is 57.9 Å². The van der Waals surface area contributed by atoms with E-state index in [1.807, 2.05) is 46.8 Å². The van der Waals surface area contributed by atoms with Crippen LogP contribution in [0.1, 0.15) is 43.9 Å². The lowest BCUT2D eigenvalue weighted by Gasteiger charge is -2.19. The third kappa shape index (κ3) is 6.22. The van der Waals surface area contributed by atoms with E-state index in [9.17, 15) is 9.90 Å². The molecule has 1 rings (SSSR count). The summed E-state index contributed by atoms with van der Waals surface area (Å²) in [6, 6.07) is 3.69. The van der Waals surface area contributed by atoms with Gasteiger partial charge in [-0.25, -0.2) is 4.79 Å². The maximum Gasteiger partial charge on any atom is 0.407 e. The number of rotatable bonds is 2. The summed E-state index contributed by atoms with van der Waals surface area (Å²) in [6.45, 7) is 9.60. The maximum absolute atomic E-state index is 11.4. The Bertz CT molecular complexity index is 551. The number of phenolic OH excluding ortho intramolecular Hbond substituents is 1. The number of carbonyl (C=O) groups is 1. The Morgan fingerprint density at radius 2 is 1.86 bits per heavy atom. The van der Waals surface area contributed by atoms with Crippen LogP contribution in [0, 0.1) is 25.7 Å². The van der Waals surface area contributed by atoms with Crippen LogP contribution in [0.5, 0.6) is 5.75 Å². The third-order valence-corrected chi connectivity index (χ3v) is 2.64. The van der Waals surface area contributed by atoms with E-state index in [2.05, 4.69) is 17.2 Å². The number of aryl methyl sites for hydroxylation is 2. The number of hydrogen-bond acceptors (Lipinski definition) is 3. The molecule has 4 nitrogen and oxygen atoms in total. The summed E-state index contributed by atoms with van der Waals surface area (Å²) in [4.78, 5) is 11.4. The van der Waals surface area contributed by atoms with Crippen molar-refractivity contribution in [2.45, 2.75) is 46.6 Å². The molecular formula is C17H23NO3. The van der Waals surface area contributed by atoms with Crippen molar-refractivity contribution in [3.05, 3.63) is 28.8 Å². The highest BCUT2D eigenvalue weighted by molar-refractivity contribution is 5.67. The first-order valence-corrected chi connectivity index (χ1v) is 6.95. The summed E-state index contributed by atoms with van der Waals surface area (Å²) < 4.78 is 5.12. The topological polar surface area (TPSA) is 58.6 Å². The lowest BCUT2D eigenvalue weighted by Crippen LogP contribution is -2.32. The lowest BCUT2D eigenvalue weighted by molar-refractivity contribution is 0.0529. The molecule has 2 N–H and O–H groups in total. The van der Waals surface area contributed by atoms with E-state index in [1.165, 1.54) is 0 Å². The monoisotopic (exact) mass is 289 g/mol. The van der Waals surface area contributed by atoms with Crippen molar-refractivity contribution in [2.75, 3.05) is 6.54 Å². The molecule has 0 radical (unpaired) electrons. The predicted molar refractivity (Wildman–Crippen MR) is 83.3 cm³/mol. The number of hydrogen-bond donors (Lipinski definition) is 2. The van der Waals surface area contributed by atoms with Gasteiger partial charge in [-0.2, -0.15) is 0 Å². The van der Waals surface area contributed by atoms with Crippen molar-refractivity contribution in [3.63, 3.8) is 0 Å². The molecule has 0 spiro atoms. The zero-order valence-corrected chi connectivity index (χ0v) is 13.3. The van der Waals surface area contributed by atoms with E-state index in [-0.39, 0.29) is 0 Å². The van der Waals surface area contributed by atoms with Gasteiger partial charge in [0, 0.05) is 18.5 Å². The number of amides is 1. The molecule has 0 aliphatic rings. The summed E-state index contributed by atoms with van der Waals surface area (Å²) >= 11 is 0. The molecule has 0 fully saturated rings.